The van der Waals surface area contributed by atoms with Gasteiger partial charge < -0.3 is 14.8 Å². The van der Waals surface area contributed by atoms with Gasteiger partial charge in [0.2, 0.25) is 5.91 Å². The molecule has 1 amide bonds. The molecule has 18 heavy (non-hydrogen) atoms. The van der Waals surface area contributed by atoms with Crippen molar-refractivity contribution in [2.75, 3.05) is 19.1 Å². The summed E-state index contributed by atoms with van der Waals surface area (Å²) < 4.78 is 11.0. The van der Waals surface area contributed by atoms with Crippen LogP contribution >= 0.6 is 11.6 Å². The summed E-state index contributed by atoms with van der Waals surface area (Å²) in [5, 5.41) is 2.97. The lowest BCUT2D eigenvalue weighted by molar-refractivity contribution is -0.119. The van der Waals surface area contributed by atoms with E-state index in [1.165, 1.54) is 0 Å². The number of amides is 1. The summed E-state index contributed by atoms with van der Waals surface area (Å²) in [4.78, 5) is 11.4. The van der Waals surface area contributed by atoms with E-state index >= 15 is 0 Å². The molecule has 0 atom stereocenters. The second kappa shape index (κ2) is 4.35. The summed E-state index contributed by atoms with van der Waals surface area (Å²) in [6.45, 7) is 1.15. The van der Waals surface area contributed by atoms with E-state index in [-0.39, 0.29) is 17.3 Å². The molecule has 1 aromatic rings. The minimum atomic E-state index is -0.248. The molecule has 1 N–H and O–H groups in total. The van der Waals surface area contributed by atoms with Gasteiger partial charge in [0.05, 0.1) is 5.54 Å². The molecule has 1 aromatic carbocycles. The standard InChI is InChI=1S/C13H14ClNO3/c14-8-12(16)15-13(3-4-13)9-1-2-10-11(7-9)18-6-5-17-10/h1-2,7H,3-6,8H2,(H,15,16). The minimum absolute atomic E-state index is 0.00764. The molecule has 0 spiro atoms. The van der Waals surface area contributed by atoms with Crippen LogP contribution in [-0.4, -0.2) is 25.0 Å². The van der Waals surface area contributed by atoms with E-state index in [2.05, 4.69) is 5.32 Å². The molecular formula is C13H14ClNO3. The van der Waals surface area contributed by atoms with E-state index in [4.69, 9.17) is 21.1 Å². The fourth-order valence-electron chi connectivity index (χ4n) is 2.25. The SMILES string of the molecule is O=C(CCl)NC1(c2ccc3c(c2)OCCO3)CC1. The second-order valence-corrected chi connectivity index (χ2v) is 4.89. The number of hydrogen-bond donors (Lipinski definition) is 1. The number of rotatable bonds is 3. The predicted octanol–water partition coefficient (Wildman–Crippen LogP) is 1.80. The van der Waals surface area contributed by atoms with Crippen LogP contribution in [0.1, 0.15) is 18.4 Å². The van der Waals surface area contributed by atoms with Crippen molar-refractivity contribution in [2.45, 2.75) is 18.4 Å². The lowest BCUT2D eigenvalue weighted by atomic mass is 10.0. The van der Waals surface area contributed by atoms with E-state index in [0.29, 0.717) is 13.2 Å². The number of halogens is 1. The first-order chi connectivity index (χ1) is 8.73. The molecule has 4 nitrogen and oxygen atoms in total. The van der Waals surface area contributed by atoms with Crippen LogP contribution in [0, 0.1) is 0 Å². The quantitative estimate of drug-likeness (QED) is 0.850. The monoisotopic (exact) mass is 267 g/mol. The molecule has 1 fully saturated rings. The van der Waals surface area contributed by atoms with E-state index in [0.717, 1.165) is 29.9 Å². The topological polar surface area (TPSA) is 47.6 Å². The molecule has 1 aliphatic heterocycles. The zero-order valence-electron chi connectivity index (χ0n) is 9.87. The third-order valence-corrected chi connectivity index (χ3v) is 3.59. The summed E-state index contributed by atoms with van der Waals surface area (Å²) in [5.74, 6) is 1.38. The smallest absolute Gasteiger partial charge is 0.235 e. The van der Waals surface area contributed by atoms with Gasteiger partial charge in [-0.25, -0.2) is 0 Å². The van der Waals surface area contributed by atoms with Gasteiger partial charge in [0, 0.05) is 0 Å². The van der Waals surface area contributed by atoms with Crippen LogP contribution in [0.3, 0.4) is 0 Å². The van der Waals surface area contributed by atoms with Crippen molar-refractivity contribution in [3.05, 3.63) is 23.8 Å². The first-order valence-corrected chi connectivity index (χ1v) is 6.54. The van der Waals surface area contributed by atoms with E-state index in [1.54, 1.807) is 0 Å². The molecule has 0 unspecified atom stereocenters. The fourth-order valence-corrected chi connectivity index (χ4v) is 2.32. The predicted molar refractivity (Wildman–Crippen MR) is 67.2 cm³/mol. The lowest BCUT2D eigenvalue weighted by Crippen LogP contribution is -2.35. The highest BCUT2D eigenvalue weighted by Crippen LogP contribution is 2.47. The van der Waals surface area contributed by atoms with Gasteiger partial charge >= 0.3 is 0 Å². The Bertz CT molecular complexity index is 485. The zero-order chi connectivity index (χ0) is 12.6. The van der Waals surface area contributed by atoms with Gasteiger partial charge in [-0.1, -0.05) is 6.07 Å². The number of hydrogen-bond acceptors (Lipinski definition) is 3. The van der Waals surface area contributed by atoms with Crippen LogP contribution in [0.15, 0.2) is 18.2 Å². The van der Waals surface area contributed by atoms with Crippen molar-refractivity contribution in [2.24, 2.45) is 0 Å². The molecule has 1 aliphatic carbocycles. The maximum absolute atomic E-state index is 11.4. The highest BCUT2D eigenvalue weighted by Gasteiger charge is 2.45. The van der Waals surface area contributed by atoms with Crippen LogP contribution in [0.5, 0.6) is 11.5 Å². The third-order valence-electron chi connectivity index (χ3n) is 3.34. The van der Waals surface area contributed by atoms with Gasteiger partial charge in [-0.2, -0.15) is 0 Å². The van der Waals surface area contributed by atoms with Gasteiger partial charge in [0.1, 0.15) is 19.1 Å². The van der Waals surface area contributed by atoms with Gasteiger partial charge in [0.25, 0.3) is 0 Å². The Hall–Kier alpha value is -1.42. The Morgan fingerprint density at radius 2 is 2.00 bits per heavy atom. The van der Waals surface area contributed by atoms with Crippen LogP contribution < -0.4 is 14.8 Å². The van der Waals surface area contributed by atoms with E-state index in [1.807, 2.05) is 18.2 Å². The van der Waals surface area contributed by atoms with Crippen LogP contribution in [0.2, 0.25) is 0 Å². The Balaban J connectivity index is 1.86. The summed E-state index contributed by atoms with van der Waals surface area (Å²) in [7, 11) is 0. The number of ether oxygens (including phenoxy) is 2. The molecule has 0 radical (unpaired) electrons. The largest absolute Gasteiger partial charge is 0.486 e. The van der Waals surface area contributed by atoms with Crippen LogP contribution in [-0.2, 0) is 10.3 Å². The normalized spacial score (nSPS) is 19.2. The average molecular weight is 268 g/mol. The lowest BCUT2D eigenvalue weighted by Gasteiger charge is -2.22. The van der Waals surface area contributed by atoms with Gasteiger partial charge in [-0.05, 0) is 30.5 Å². The van der Waals surface area contributed by atoms with Crippen molar-refractivity contribution in [3.8, 4) is 11.5 Å². The van der Waals surface area contributed by atoms with Gasteiger partial charge in [-0.15, -0.1) is 11.6 Å². The summed E-state index contributed by atoms with van der Waals surface area (Å²) in [6.07, 6.45) is 1.88. The molecule has 0 saturated heterocycles. The minimum Gasteiger partial charge on any atom is -0.486 e. The highest BCUT2D eigenvalue weighted by molar-refractivity contribution is 6.27. The highest BCUT2D eigenvalue weighted by atomic mass is 35.5. The first-order valence-electron chi connectivity index (χ1n) is 6.01. The molecule has 2 aliphatic rings. The Kier molecular flexibility index (Phi) is 2.82. The van der Waals surface area contributed by atoms with Crippen LogP contribution in [0.4, 0.5) is 0 Å². The Morgan fingerprint density at radius 3 is 2.67 bits per heavy atom. The van der Waals surface area contributed by atoms with Crippen molar-refractivity contribution < 1.29 is 14.3 Å². The number of carbonyl (C=O) groups is 1. The number of fused-ring (bicyclic) bond motifs is 1. The number of benzene rings is 1. The van der Waals surface area contributed by atoms with Crippen molar-refractivity contribution in [1.29, 1.82) is 0 Å². The molecule has 96 valence electrons. The first kappa shape index (κ1) is 11.7. The van der Waals surface area contributed by atoms with Crippen molar-refractivity contribution in [3.63, 3.8) is 0 Å². The zero-order valence-corrected chi connectivity index (χ0v) is 10.6. The Morgan fingerprint density at radius 1 is 1.28 bits per heavy atom. The molecular weight excluding hydrogens is 254 g/mol. The van der Waals surface area contributed by atoms with E-state index < -0.39 is 0 Å². The molecule has 0 aromatic heterocycles. The summed E-state index contributed by atoms with van der Waals surface area (Å²) in [6, 6.07) is 5.84. The fraction of sp³-hybridized carbons (Fsp3) is 0.462. The summed E-state index contributed by atoms with van der Waals surface area (Å²) in [5.41, 5.74) is 0.812. The van der Waals surface area contributed by atoms with Gasteiger partial charge in [0.15, 0.2) is 11.5 Å². The van der Waals surface area contributed by atoms with E-state index in [9.17, 15) is 4.79 Å². The average Bonchev–Trinajstić information content (AvgIpc) is 3.19. The maximum atomic E-state index is 11.4. The molecule has 1 saturated carbocycles. The second-order valence-electron chi connectivity index (χ2n) is 4.62. The van der Waals surface area contributed by atoms with Crippen LogP contribution in [0.25, 0.3) is 0 Å². The Labute approximate surface area is 110 Å². The van der Waals surface area contributed by atoms with Gasteiger partial charge in [-0.3, -0.25) is 4.79 Å². The molecule has 0 bridgehead atoms. The van der Waals surface area contributed by atoms with Crippen molar-refractivity contribution in [1.82, 2.24) is 5.32 Å². The summed E-state index contributed by atoms with van der Waals surface area (Å²) >= 11 is 5.53. The number of carbonyl (C=O) groups excluding carboxylic acids is 1. The maximum Gasteiger partial charge on any atom is 0.235 e. The molecule has 1 heterocycles. The third kappa shape index (κ3) is 2.01. The number of nitrogens with one attached hydrogen (secondary N) is 1. The number of alkyl halides is 1. The van der Waals surface area contributed by atoms with Crippen molar-refractivity contribution >= 4 is 17.5 Å². The molecule has 5 heteroatoms. The molecule has 3 rings (SSSR count).